The topological polar surface area (TPSA) is 111 Å². The fourth-order valence-electron chi connectivity index (χ4n) is 1.79. The number of carboxylic acids is 1. The fourth-order valence-corrected chi connectivity index (χ4v) is 1.79. The van der Waals surface area contributed by atoms with Crippen LogP contribution in [0.4, 0.5) is 4.79 Å². The molecule has 0 radical (unpaired) electrons. The van der Waals surface area contributed by atoms with E-state index in [1.807, 2.05) is 13.8 Å². The number of aromatic amines is 1. The van der Waals surface area contributed by atoms with Gasteiger partial charge in [-0.1, -0.05) is 13.8 Å². The van der Waals surface area contributed by atoms with E-state index < -0.39 is 11.9 Å². The van der Waals surface area contributed by atoms with E-state index >= 15 is 0 Å². The molecule has 1 rings (SSSR count). The predicted molar refractivity (Wildman–Crippen MR) is 71.8 cm³/mol. The number of nitrogens with one attached hydrogen (secondary N) is 2. The molecule has 0 saturated carbocycles. The van der Waals surface area contributed by atoms with Gasteiger partial charge in [-0.3, -0.25) is 9.89 Å². The van der Waals surface area contributed by atoms with Gasteiger partial charge in [0, 0.05) is 13.6 Å². The van der Waals surface area contributed by atoms with Gasteiger partial charge in [0.15, 0.2) is 0 Å². The van der Waals surface area contributed by atoms with Gasteiger partial charge in [0.25, 0.3) is 0 Å². The van der Waals surface area contributed by atoms with E-state index in [0.29, 0.717) is 12.2 Å². The van der Waals surface area contributed by atoms with Gasteiger partial charge in [-0.2, -0.15) is 5.10 Å². The van der Waals surface area contributed by atoms with Crippen LogP contribution in [0, 0.1) is 11.8 Å². The lowest BCUT2D eigenvalue weighted by Gasteiger charge is -2.19. The molecule has 3 N–H and O–H groups in total. The van der Waals surface area contributed by atoms with Crippen molar-refractivity contribution in [1.82, 2.24) is 25.4 Å². The van der Waals surface area contributed by atoms with Crippen molar-refractivity contribution in [2.75, 3.05) is 13.6 Å². The highest BCUT2D eigenvalue weighted by Gasteiger charge is 2.20. The molecule has 0 spiro atoms. The first-order valence-electron chi connectivity index (χ1n) is 6.46. The number of nitrogens with zero attached hydrogens (tertiary/aromatic N) is 3. The summed E-state index contributed by atoms with van der Waals surface area (Å²) < 4.78 is 0. The first-order chi connectivity index (χ1) is 9.40. The van der Waals surface area contributed by atoms with Crippen LogP contribution in [0.1, 0.15) is 26.1 Å². The Morgan fingerprint density at radius 1 is 1.50 bits per heavy atom. The lowest BCUT2D eigenvalue weighted by atomic mass is 9.97. The highest BCUT2D eigenvalue weighted by atomic mass is 16.4. The molecule has 1 aromatic rings. The number of aromatic nitrogens is 3. The van der Waals surface area contributed by atoms with E-state index in [0.717, 1.165) is 0 Å². The summed E-state index contributed by atoms with van der Waals surface area (Å²) in [6, 6.07) is -0.337. The van der Waals surface area contributed by atoms with Crippen molar-refractivity contribution in [1.29, 1.82) is 0 Å². The third-order valence-corrected chi connectivity index (χ3v) is 2.80. The molecule has 0 aliphatic heterocycles. The van der Waals surface area contributed by atoms with Crippen LogP contribution in [-0.4, -0.2) is 50.8 Å². The van der Waals surface area contributed by atoms with Gasteiger partial charge in [-0.05, 0) is 12.3 Å². The van der Waals surface area contributed by atoms with Crippen LogP contribution in [0.5, 0.6) is 0 Å². The molecule has 0 bridgehead atoms. The van der Waals surface area contributed by atoms with E-state index in [9.17, 15) is 9.59 Å². The Hall–Kier alpha value is -2.12. The lowest BCUT2D eigenvalue weighted by Crippen LogP contribution is -2.41. The molecular formula is C12H21N5O3. The fraction of sp³-hybridized carbons (Fsp3) is 0.667. The van der Waals surface area contributed by atoms with Gasteiger partial charge in [-0.25, -0.2) is 9.78 Å². The summed E-state index contributed by atoms with van der Waals surface area (Å²) in [5.41, 5.74) is 0. The van der Waals surface area contributed by atoms with Crippen molar-refractivity contribution in [3.63, 3.8) is 0 Å². The van der Waals surface area contributed by atoms with E-state index in [-0.39, 0.29) is 25.0 Å². The minimum Gasteiger partial charge on any atom is -0.481 e. The van der Waals surface area contributed by atoms with Crippen LogP contribution in [0.2, 0.25) is 0 Å². The van der Waals surface area contributed by atoms with Crippen molar-refractivity contribution in [3.8, 4) is 0 Å². The molecule has 8 heteroatoms. The van der Waals surface area contributed by atoms with Gasteiger partial charge in [0.2, 0.25) is 0 Å². The molecule has 0 fully saturated rings. The zero-order valence-electron chi connectivity index (χ0n) is 12.0. The zero-order chi connectivity index (χ0) is 15.1. The summed E-state index contributed by atoms with van der Waals surface area (Å²) in [4.78, 5) is 28.3. The number of carbonyl (C=O) groups excluding carboxylic acids is 1. The number of carboxylic acid groups (broad SMARTS) is 1. The smallest absolute Gasteiger partial charge is 0.317 e. The molecule has 1 heterocycles. The minimum absolute atomic E-state index is 0.118. The molecule has 1 unspecified atom stereocenters. The number of hydrogen-bond donors (Lipinski definition) is 3. The van der Waals surface area contributed by atoms with Crippen molar-refractivity contribution < 1.29 is 14.7 Å². The number of carbonyl (C=O) groups is 2. The van der Waals surface area contributed by atoms with Crippen LogP contribution in [-0.2, 0) is 11.3 Å². The average Bonchev–Trinajstić information content (AvgIpc) is 2.85. The van der Waals surface area contributed by atoms with E-state index in [1.54, 1.807) is 7.05 Å². The number of urea groups is 1. The van der Waals surface area contributed by atoms with Gasteiger partial charge in [-0.15, -0.1) is 0 Å². The molecule has 2 amide bonds. The quantitative estimate of drug-likeness (QED) is 0.682. The molecular weight excluding hydrogens is 262 g/mol. The van der Waals surface area contributed by atoms with Crippen LogP contribution in [0.25, 0.3) is 0 Å². The molecule has 20 heavy (non-hydrogen) atoms. The molecule has 8 nitrogen and oxygen atoms in total. The molecule has 0 saturated heterocycles. The second kappa shape index (κ2) is 7.46. The van der Waals surface area contributed by atoms with Gasteiger partial charge >= 0.3 is 12.0 Å². The third-order valence-electron chi connectivity index (χ3n) is 2.80. The SMILES string of the molecule is CC(C)CC(CNC(=O)N(C)Cc1ncn[nH]1)C(=O)O. The lowest BCUT2D eigenvalue weighted by molar-refractivity contribution is -0.142. The van der Waals surface area contributed by atoms with Crippen LogP contribution < -0.4 is 5.32 Å². The van der Waals surface area contributed by atoms with Crippen molar-refractivity contribution in [3.05, 3.63) is 12.2 Å². The average molecular weight is 283 g/mol. The first kappa shape index (κ1) is 15.9. The van der Waals surface area contributed by atoms with Crippen LogP contribution >= 0.6 is 0 Å². The number of hydrogen-bond acceptors (Lipinski definition) is 4. The molecule has 0 aliphatic carbocycles. The molecule has 1 atom stereocenters. The standard InChI is InChI=1S/C12H21N5O3/c1-8(2)4-9(11(18)19)5-13-12(20)17(3)6-10-14-7-15-16-10/h7-9H,4-6H2,1-3H3,(H,13,20)(H,18,19)(H,14,15,16). The Morgan fingerprint density at radius 2 is 2.20 bits per heavy atom. The van der Waals surface area contributed by atoms with Crippen LogP contribution in [0.15, 0.2) is 6.33 Å². The Balaban J connectivity index is 2.42. The maximum absolute atomic E-state index is 11.8. The summed E-state index contributed by atoms with van der Waals surface area (Å²) >= 11 is 0. The summed E-state index contributed by atoms with van der Waals surface area (Å²) in [6.45, 7) is 4.31. The zero-order valence-corrected chi connectivity index (χ0v) is 12.0. The largest absolute Gasteiger partial charge is 0.481 e. The van der Waals surface area contributed by atoms with Gasteiger partial charge in [0.1, 0.15) is 12.2 Å². The Kier molecular flexibility index (Phi) is 5.95. The van der Waals surface area contributed by atoms with E-state index in [1.165, 1.54) is 11.2 Å². The number of rotatable bonds is 7. The maximum atomic E-state index is 11.8. The molecule has 112 valence electrons. The van der Waals surface area contributed by atoms with E-state index in [2.05, 4.69) is 20.5 Å². The van der Waals surface area contributed by atoms with Crippen molar-refractivity contribution in [2.24, 2.45) is 11.8 Å². The van der Waals surface area contributed by atoms with Gasteiger partial charge < -0.3 is 15.3 Å². The third kappa shape index (κ3) is 5.25. The Morgan fingerprint density at radius 3 is 2.70 bits per heavy atom. The highest BCUT2D eigenvalue weighted by molar-refractivity contribution is 5.75. The monoisotopic (exact) mass is 283 g/mol. The normalized spacial score (nSPS) is 12.2. The Bertz CT molecular complexity index is 432. The van der Waals surface area contributed by atoms with Gasteiger partial charge in [0.05, 0.1) is 12.5 Å². The van der Waals surface area contributed by atoms with Crippen LogP contribution in [0.3, 0.4) is 0 Å². The summed E-state index contributed by atoms with van der Waals surface area (Å²) in [5, 5.41) is 18.1. The first-order valence-corrected chi connectivity index (χ1v) is 6.46. The Labute approximate surface area is 117 Å². The maximum Gasteiger partial charge on any atom is 0.317 e. The highest BCUT2D eigenvalue weighted by Crippen LogP contribution is 2.11. The second-order valence-corrected chi connectivity index (χ2v) is 5.14. The molecule has 1 aromatic heterocycles. The number of amides is 2. The van der Waals surface area contributed by atoms with E-state index in [4.69, 9.17) is 5.11 Å². The predicted octanol–water partition coefficient (Wildman–Crippen LogP) is 0.693. The number of H-pyrrole nitrogens is 1. The molecule has 0 aliphatic rings. The minimum atomic E-state index is -0.892. The molecule has 0 aromatic carbocycles. The summed E-state index contributed by atoms with van der Waals surface area (Å²) in [6.07, 6.45) is 1.89. The van der Waals surface area contributed by atoms with Crippen molar-refractivity contribution in [2.45, 2.75) is 26.8 Å². The summed E-state index contributed by atoms with van der Waals surface area (Å²) in [5.74, 6) is -0.631. The number of aliphatic carboxylic acids is 1. The summed E-state index contributed by atoms with van der Waals surface area (Å²) in [7, 11) is 1.61. The second-order valence-electron chi connectivity index (χ2n) is 5.14. The van der Waals surface area contributed by atoms with Crippen molar-refractivity contribution >= 4 is 12.0 Å².